The Bertz CT molecular complexity index is 394. The number of ether oxygens (including phenoxy) is 1. The van der Waals surface area contributed by atoms with Crippen molar-refractivity contribution in [1.29, 1.82) is 0 Å². The van der Waals surface area contributed by atoms with Gasteiger partial charge in [0.1, 0.15) is 5.75 Å². The summed E-state index contributed by atoms with van der Waals surface area (Å²) in [4.78, 5) is 12.1. The first-order valence-corrected chi connectivity index (χ1v) is 6.37. The standard InChI is InChI=1S/C15H22O2/c1-5-7-14(16)13-10-11(3)9-12(4)15(13)17-8-6-2/h9-10H,5-8H2,1-4H3. The van der Waals surface area contributed by atoms with E-state index in [1.165, 1.54) is 0 Å². The van der Waals surface area contributed by atoms with Gasteiger partial charge >= 0.3 is 0 Å². The number of benzene rings is 1. The fourth-order valence-electron chi connectivity index (χ4n) is 1.92. The van der Waals surface area contributed by atoms with E-state index >= 15 is 0 Å². The molecule has 0 spiro atoms. The highest BCUT2D eigenvalue weighted by atomic mass is 16.5. The number of carbonyl (C=O) groups excluding carboxylic acids is 1. The number of aryl methyl sites for hydroxylation is 2. The summed E-state index contributed by atoms with van der Waals surface area (Å²) in [6.45, 7) is 8.76. The molecule has 0 saturated heterocycles. The Kier molecular flexibility index (Phi) is 5.20. The molecule has 0 N–H and O–H groups in total. The van der Waals surface area contributed by atoms with E-state index in [1.807, 2.05) is 26.8 Å². The molecule has 1 aromatic rings. The third kappa shape index (κ3) is 3.58. The van der Waals surface area contributed by atoms with Crippen LogP contribution in [-0.4, -0.2) is 12.4 Å². The smallest absolute Gasteiger partial charge is 0.166 e. The van der Waals surface area contributed by atoms with Gasteiger partial charge in [0.2, 0.25) is 0 Å². The lowest BCUT2D eigenvalue weighted by atomic mass is 10.00. The van der Waals surface area contributed by atoms with Crippen LogP contribution in [-0.2, 0) is 0 Å². The van der Waals surface area contributed by atoms with Gasteiger partial charge in [0.25, 0.3) is 0 Å². The van der Waals surface area contributed by atoms with Gasteiger partial charge in [-0.05, 0) is 43.9 Å². The minimum absolute atomic E-state index is 0.186. The zero-order valence-corrected chi connectivity index (χ0v) is 11.3. The molecule has 0 amide bonds. The molecule has 0 aliphatic rings. The maximum atomic E-state index is 12.1. The fourth-order valence-corrected chi connectivity index (χ4v) is 1.92. The van der Waals surface area contributed by atoms with E-state index in [4.69, 9.17) is 4.74 Å². The summed E-state index contributed by atoms with van der Waals surface area (Å²) in [5.41, 5.74) is 2.92. The van der Waals surface area contributed by atoms with Crippen molar-refractivity contribution in [2.75, 3.05) is 6.61 Å². The summed E-state index contributed by atoms with van der Waals surface area (Å²) in [7, 11) is 0. The molecule has 2 nitrogen and oxygen atoms in total. The Morgan fingerprint density at radius 1 is 1.18 bits per heavy atom. The average molecular weight is 234 g/mol. The second kappa shape index (κ2) is 6.43. The van der Waals surface area contributed by atoms with Crippen LogP contribution in [0.5, 0.6) is 5.75 Å². The van der Waals surface area contributed by atoms with E-state index in [0.29, 0.717) is 13.0 Å². The van der Waals surface area contributed by atoms with Crippen LogP contribution in [0, 0.1) is 13.8 Å². The highest BCUT2D eigenvalue weighted by Crippen LogP contribution is 2.27. The van der Waals surface area contributed by atoms with Gasteiger partial charge in [-0.1, -0.05) is 19.9 Å². The SMILES string of the molecule is CCCOc1c(C)cc(C)cc1C(=O)CCC. The van der Waals surface area contributed by atoms with Crippen LogP contribution in [0.15, 0.2) is 12.1 Å². The van der Waals surface area contributed by atoms with Crippen LogP contribution in [0.25, 0.3) is 0 Å². The van der Waals surface area contributed by atoms with E-state index in [2.05, 4.69) is 13.0 Å². The minimum atomic E-state index is 0.186. The van der Waals surface area contributed by atoms with Gasteiger partial charge in [-0.3, -0.25) is 4.79 Å². The summed E-state index contributed by atoms with van der Waals surface area (Å²) in [6, 6.07) is 4.00. The van der Waals surface area contributed by atoms with Crippen molar-refractivity contribution in [3.8, 4) is 5.75 Å². The number of carbonyl (C=O) groups is 1. The third-order valence-corrected chi connectivity index (χ3v) is 2.65. The van der Waals surface area contributed by atoms with Crippen LogP contribution in [0.3, 0.4) is 0 Å². The van der Waals surface area contributed by atoms with E-state index < -0.39 is 0 Å². The molecule has 1 rings (SSSR count). The van der Waals surface area contributed by atoms with Crippen molar-refractivity contribution in [3.63, 3.8) is 0 Å². The first-order valence-electron chi connectivity index (χ1n) is 6.37. The minimum Gasteiger partial charge on any atom is -0.493 e. The lowest BCUT2D eigenvalue weighted by Gasteiger charge is -2.14. The first kappa shape index (κ1) is 13.8. The maximum Gasteiger partial charge on any atom is 0.166 e. The molecule has 0 radical (unpaired) electrons. The van der Waals surface area contributed by atoms with E-state index in [0.717, 1.165) is 35.3 Å². The van der Waals surface area contributed by atoms with Crippen molar-refractivity contribution >= 4 is 5.78 Å². The number of ketones is 1. The van der Waals surface area contributed by atoms with E-state index in [9.17, 15) is 4.79 Å². The second-order valence-electron chi connectivity index (χ2n) is 4.48. The molecule has 0 aromatic heterocycles. The Balaban J connectivity index is 3.10. The van der Waals surface area contributed by atoms with Gasteiger partial charge in [-0.2, -0.15) is 0 Å². The highest BCUT2D eigenvalue weighted by molar-refractivity contribution is 5.99. The lowest BCUT2D eigenvalue weighted by Crippen LogP contribution is -2.07. The van der Waals surface area contributed by atoms with Crippen LogP contribution < -0.4 is 4.74 Å². The highest BCUT2D eigenvalue weighted by Gasteiger charge is 2.14. The van der Waals surface area contributed by atoms with Gasteiger partial charge in [0.15, 0.2) is 5.78 Å². The predicted octanol–water partition coefficient (Wildman–Crippen LogP) is 4.08. The van der Waals surface area contributed by atoms with Crippen molar-refractivity contribution in [3.05, 3.63) is 28.8 Å². The zero-order valence-electron chi connectivity index (χ0n) is 11.3. The Morgan fingerprint density at radius 3 is 2.47 bits per heavy atom. The summed E-state index contributed by atoms with van der Waals surface area (Å²) in [5, 5.41) is 0. The van der Waals surface area contributed by atoms with Gasteiger partial charge in [-0.25, -0.2) is 0 Å². The van der Waals surface area contributed by atoms with Crippen molar-refractivity contribution in [2.45, 2.75) is 47.0 Å². The summed E-state index contributed by atoms with van der Waals surface area (Å²) in [5.74, 6) is 0.960. The van der Waals surface area contributed by atoms with E-state index in [-0.39, 0.29) is 5.78 Å². The molecule has 0 aliphatic carbocycles. The third-order valence-electron chi connectivity index (χ3n) is 2.65. The second-order valence-corrected chi connectivity index (χ2v) is 4.48. The number of hydrogen-bond donors (Lipinski definition) is 0. The normalized spacial score (nSPS) is 10.4. The molecule has 0 bridgehead atoms. The van der Waals surface area contributed by atoms with Crippen molar-refractivity contribution in [1.82, 2.24) is 0 Å². The molecule has 17 heavy (non-hydrogen) atoms. The molecule has 0 fully saturated rings. The molecule has 0 unspecified atom stereocenters. The number of rotatable bonds is 6. The number of hydrogen-bond acceptors (Lipinski definition) is 2. The molecular formula is C15H22O2. The van der Waals surface area contributed by atoms with E-state index in [1.54, 1.807) is 0 Å². The number of Topliss-reactive ketones (excluding diaryl/α,β-unsaturated/α-hetero) is 1. The average Bonchev–Trinajstić information content (AvgIpc) is 2.27. The molecule has 1 aromatic carbocycles. The van der Waals surface area contributed by atoms with Crippen LogP contribution in [0.1, 0.15) is 54.6 Å². The van der Waals surface area contributed by atoms with Crippen molar-refractivity contribution < 1.29 is 9.53 Å². The monoisotopic (exact) mass is 234 g/mol. The molecule has 0 atom stereocenters. The molecule has 0 heterocycles. The van der Waals surface area contributed by atoms with Crippen LogP contribution in [0.4, 0.5) is 0 Å². The summed E-state index contributed by atoms with van der Waals surface area (Å²) >= 11 is 0. The van der Waals surface area contributed by atoms with Crippen molar-refractivity contribution in [2.24, 2.45) is 0 Å². The van der Waals surface area contributed by atoms with Gasteiger partial charge in [-0.15, -0.1) is 0 Å². The predicted molar refractivity (Wildman–Crippen MR) is 70.9 cm³/mol. The topological polar surface area (TPSA) is 26.3 Å². The Labute approximate surface area is 104 Å². The first-order chi connectivity index (χ1) is 8.10. The molecule has 2 heteroatoms. The van der Waals surface area contributed by atoms with Crippen LogP contribution in [0.2, 0.25) is 0 Å². The quantitative estimate of drug-likeness (QED) is 0.693. The van der Waals surface area contributed by atoms with Gasteiger partial charge in [0, 0.05) is 6.42 Å². The summed E-state index contributed by atoms with van der Waals surface area (Å²) in [6.07, 6.45) is 2.42. The van der Waals surface area contributed by atoms with Gasteiger partial charge < -0.3 is 4.74 Å². The van der Waals surface area contributed by atoms with Gasteiger partial charge in [0.05, 0.1) is 12.2 Å². The zero-order chi connectivity index (χ0) is 12.8. The molecular weight excluding hydrogens is 212 g/mol. The maximum absolute atomic E-state index is 12.1. The lowest BCUT2D eigenvalue weighted by molar-refractivity contribution is 0.0977. The largest absolute Gasteiger partial charge is 0.493 e. The Hall–Kier alpha value is -1.31. The Morgan fingerprint density at radius 2 is 1.88 bits per heavy atom. The molecule has 0 aliphatic heterocycles. The molecule has 0 saturated carbocycles. The molecule has 94 valence electrons. The fraction of sp³-hybridized carbons (Fsp3) is 0.533. The summed E-state index contributed by atoms with van der Waals surface area (Å²) < 4.78 is 5.72. The van der Waals surface area contributed by atoms with Crippen LogP contribution >= 0.6 is 0 Å².